The number of hydrogen-bond acceptors (Lipinski definition) is 3. The highest BCUT2D eigenvalue weighted by atomic mass is 16.5. The molecule has 0 fully saturated rings. The van der Waals surface area contributed by atoms with Crippen LogP contribution in [0.2, 0.25) is 0 Å². The summed E-state index contributed by atoms with van der Waals surface area (Å²) in [7, 11) is 3.18. The minimum Gasteiger partial charge on any atom is -0.469 e. The summed E-state index contributed by atoms with van der Waals surface area (Å²) < 4.78 is 4.87. The Bertz CT molecular complexity index is 522. The van der Waals surface area contributed by atoms with Gasteiger partial charge >= 0.3 is 5.97 Å². The van der Waals surface area contributed by atoms with E-state index in [1.807, 2.05) is 32.0 Å². The highest BCUT2D eigenvalue weighted by Gasteiger charge is 2.29. The van der Waals surface area contributed by atoms with Crippen LogP contribution in [0.25, 0.3) is 0 Å². The van der Waals surface area contributed by atoms with Crippen molar-refractivity contribution in [3.05, 3.63) is 29.3 Å². The van der Waals surface area contributed by atoms with E-state index in [0.717, 1.165) is 16.8 Å². The molecule has 1 aliphatic heterocycles. The molecule has 0 saturated heterocycles. The molecule has 1 aliphatic rings. The normalized spacial score (nSPS) is 15.6. The zero-order valence-electron chi connectivity index (χ0n) is 11.8. The zero-order chi connectivity index (χ0) is 14.2. The number of ether oxygens (including phenoxy) is 1. The molecule has 102 valence electrons. The van der Waals surface area contributed by atoms with Gasteiger partial charge in [-0.05, 0) is 23.1 Å². The van der Waals surface area contributed by atoms with E-state index in [9.17, 15) is 9.59 Å². The minimum absolute atomic E-state index is 0.0892. The third-order valence-electron chi connectivity index (χ3n) is 3.66. The van der Waals surface area contributed by atoms with Gasteiger partial charge < -0.3 is 9.64 Å². The number of anilines is 1. The standard InChI is InChI=1S/C15H19NO3/c1-9(2)14(15(18)19-4)10-5-6-12-11(7-10)8-13(17)16(12)3/h5-7,9,14H,8H2,1-4H3. The first-order valence-electron chi connectivity index (χ1n) is 6.43. The van der Waals surface area contributed by atoms with Gasteiger partial charge in [0.2, 0.25) is 5.91 Å². The van der Waals surface area contributed by atoms with Gasteiger partial charge in [-0.25, -0.2) is 0 Å². The lowest BCUT2D eigenvalue weighted by atomic mass is 9.87. The third-order valence-corrected chi connectivity index (χ3v) is 3.66. The Hall–Kier alpha value is -1.84. The maximum Gasteiger partial charge on any atom is 0.313 e. The number of amides is 1. The molecule has 0 spiro atoms. The van der Waals surface area contributed by atoms with Crippen LogP contribution in [0, 0.1) is 5.92 Å². The Labute approximate surface area is 113 Å². The fourth-order valence-corrected chi connectivity index (χ4v) is 2.60. The summed E-state index contributed by atoms with van der Waals surface area (Å²) in [5, 5.41) is 0. The van der Waals surface area contributed by atoms with Gasteiger partial charge in [0.05, 0.1) is 19.4 Å². The number of nitrogens with zero attached hydrogens (tertiary/aromatic N) is 1. The molecule has 0 aliphatic carbocycles. The second-order valence-corrected chi connectivity index (χ2v) is 5.26. The fraction of sp³-hybridized carbons (Fsp3) is 0.467. The molecular formula is C15H19NO3. The molecule has 4 heteroatoms. The molecule has 1 aromatic rings. The smallest absolute Gasteiger partial charge is 0.313 e. The van der Waals surface area contributed by atoms with Gasteiger partial charge in [-0.15, -0.1) is 0 Å². The van der Waals surface area contributed by atoms with E-state index in [1.54, 1.807) is 11.9 Å². The maximum atomic E-state index is 11.9. The van der Waals surface area contributed by atoms with Crippen LogP contribution in [0.15, 0.2) is 18.2 Å². The number of likely N-dealkylation sites (N-methyl/N-ethyl adjacent to an activating group) is 1. The number of carbonyl (C=O) groups is 2. The van der Waals surface area contributed by atoms with Gasteiger partial charge in [-0.1, -0.05) is 26.0 Å². The van der Waals surface area contributed by atoms with E-state index in [4.69, 9.17) is 4.74 Å². The van der Waals surface area contributed by atoms with E-state index < -0.39 is 0 Å². The molecule has 0 radical (unpaired) electrons. The lowest BCUT2D eigenvalue weighted by Crippen LogP contribution is -2.20. The Morgan fingerprint density at radius 1 is 1.37 bits per heavy atom. The molecule has 1 aromatic carbocycles. The van der Waals surface area contributed by atoms with Crippen LogP contribution in [-0.4, -0.2) is 26.0 Å². The molecule has 0 N–H and O–H groups in total. The van der Waals surface area contributed by atoms with Gasteiger partial charge in [0, 0.05) is 12.7 Å². The van der Waals surface area contributed by atoms with E-state index in [1.165, 1.54) is 7.11 Å². The minimum atomic E-state index is -0.281. The first kappa shape index (κ1) is 13.6. The van der Waals surface area contributed by atoms with Crippen LogP contribution >= 0.6 is 0 Å². The molecule has 1 amide bonds. The van der Waals surface area contributed by atoms with Crippen LogP contribution in [-0.2, 0) is 20.7 Å². The summed E-state index contributed by atoms with van der Waals surface area (Å²) in [6.45, 7) is 3.98. The lowest BCUT2D eigenvalue weighted by molar-refractivity contribution is -0.143. The molecule has 0 aromatic heterocycles. The van der Waals surface area contributed by atoms with E-state index in [-0.39, 0.29) is 23.7 Å². The summed E-state index contributed by atoms with van der Waals surface area (Å²) >= 11 is 0. The third kappa shape index (κ3) is 2.35. The van der Waals surface area contributed by atoms with Crippen molar-refractivity contribution in [1.29, 1.82) is 0 Å². The van der Waals surface area contributed by atoms with Gasteiger partial charge in [-0.2, -0.15) is 0 Å². The summed E-state index contributed by atoms with van der Waals surface area (Å²) in [6.07, 6.45) is 0.408. The van der Waals surface area contributed by atoms with Gasteiger partial charge in [0.25, 0.3) is 0 Å². The van der Waals surface area contributed by atoms with Crippen molar-refractivity contribution in [2.75, 3.05) is 19.1 Å². The van der Waals surface area contributed by atoms with Crippen LogP contribution in [0.1, 0.15) is 30.9 Å². The van der Waals surface area contributed by atoms with Crippen molar-refractivity contribution < 1.29 is 14.3 Å². The van der Waals surface area contributed by atoms with E-state index in [0.29, 0.717) is 6.42 Å². The molecule has 1 heterocycles. The molecule has 19 heavy (non-hydrogen) atoms. The molecule has 1 atom stereocenters. The Balaban J connectivity index is 2.39. The number of rotatable bonds is 3. The second kappa shape index (κ2) is 5.03. The van der Waals surface area contributed by atoms with Crippen LogP contribution in [0.3, 0.4) is 0 Å². The Kier molecular flexibility index (Phi) is 3.60. The number of fused-ring (bicyclic) bond motifs is 1. The van der Waals surface area contributed by atoms with Crippen molar-refractivity contribution in [2.45, 2.75) is 26.2 Å². The number of methoxy groups -OCH3 is 1. The van der Waals surface area contributed by atoms with E-state index >= 15 is 0 Å². The molecule has 0 saturated carbocycles. The first-order valence-corrected chi connectivity index (χ1v) is 6.43. The first-order chi connectivity index (χ1) is 8.95. The predicted octanol–water partition coefficient (Wildman–Crippen LogP) is 2.12. The van der Waals surface area contributed by atoms with Crippen molar-refractivity contribution in [2.24, 2.45) is 5.92 Å². The molecule has 0 bridgehead atoms. The Morgan fingerprint density at radius 2 is 2.05 bits per heavy atom. The summed E-state index contributed by atoms with van der Waals surface area (Å²) in [6, 6.07) is 5.78. The second-order valence-electron chi connectivity index (χ2n) is 5.26. The average Bonchev–Trinajstić information content (AvgIpc) is 2.64. The molecule has 1 unspecified atom stereocenters. The average molecular weight is 261 g/mol. The summed E-state index contributed by atoms with van der Waals surface area (Å²) in [4.78, 5) is 25.2. The van der Waals surface area contributed by atoms with Crippen LogP contribution < -0.4 is 4.90 Å². The highest BCUT2D eigenvalue weighted by molar-refractivity contribution is 6.01. The quantitative estimate of drug-likeness (QED) is 0.783. The summed E-state index contributed by atoms with van der Waals surface area (Å²) in [5.41, 5.74) is 2.84. The number of benzene rings is 1. The van der Waals surface area contributed by atoms with Gasteiger partial charge in [-0.3, -0.25) is 9.59 Å². The number of esters is 1. The zero-order valence-corrected chi connectivity index (χ0v) is 11.8. The fourth-order valence-electron chi connectivity index (χ4n) is 2.60. The van der Waals surface area contributed by atoms with Crippen LogP contribution in [0.5, 0.6) is 0 Å². The molecule has 2 rings (SSSR count). The monoisotopic (exact) mass is 261 g/mol. The lowest BCUT2D eigenvalue weighted by Gasteiger charge is -2.20. The Morgan fingerprint density at radius 3 is 2.63 bits per heavy atom. The van der Waals surface area contributed by atoms with Crippen molar-refractivity contribution >= 4 is 17.6 Å². The summed E-state index contributed by atoms with van der Waals surface area (Å²) in [5.74, 6) is -0.268. The van der Waals surface area contributed by atoms with Crippen molar-refractivity contribution in [3.8, 4) is 0 Å². The van der Waals surface area contributed by atoms with E-state index in [2.05, 4.69) is 0 Å². The van der Waals surface area contributed by atoms with Gasteiger partial charge in [0.15, 0.2) is 0 Å². The highest BCUT2D eigenvalue weighted by Crippen LogP contribution is 2.33. The van der Waals surface area contributed by atoms with Crippen LogP contribution in [0.4, 0.5) is 5.69 Å². The predicted molar refractivity (Wildman–Crippen MR) is 73.2 cm³/mol. The van der Waals surface area contributed by atoms with Crippen molar-refractivity contribution in [1.82, 2.24) is 0 Å². The van der Waals surface area contributed by atoms with Gasteiger partial charge in [0.1, 0.15) is 0 Å². The molecule has 4 nitrogen and oxygen atoms in total. The molecular weight excluding hydrogens is 242 g/mol. The largest absolute Gasteiger partial charge is 0.469 e. The topological polar surface area (TPSA) is 46.6 Å². The number of carbonyl (C=O) groups excluding carboxylic acids is 2. The maximum absolute atomic E-state index is 11.9. The van der Waals surface area contributed by atoms with Crippen molar-refractivity contribution in [3.63, 3.8) is 0 Å². The SMILES string of the molecule is COC(=O)C(c1ccc2c(c1)CC(=O)N2C)C(C)C. The number of hydrogen-bond donors (Lipinski definition) is 0.